The molecule has 1 saturated heterocycles. The molecular weight excluding hydrogens is 472 g/mol. The molecule has 198 valence electrons. The van der Waals surface area contributed by atoms with Gasteiger partial charge < -0.3 is 33.9 Å². The van der Waals surface area contributed by atoms with E-state index in [1.165, 1.54) is 0 Å². The Morgan fingerprint density at radius 3 is 1.54 bits per heavy atom. The van der Waals surface area contributed by atoms with E-state index in [0.29, 0.717) is 66.6 Å². The van der Waals surface area contributed by atoms with E-state index in [-0.39, 0.29) is 5.41 Å². The van der Waals surface area contributed by atoms with Crippen LogP contribution in [0.5, 0.6) is 17.2 Å². The lowest BCUT2D eigenvalue weighted by Crippen LogP contribution is -2.47. The van der Waals surface area contributed by atoms with E-state index >= 15 is 0 Å². The van der Waals surface area contributed by atoms with Crippen molar-refractivity contribution < 1.29 is 33.9 Å². The third kappa shape index (κ3) is 6.25. The minimum atomic E-state index is -1.56. The first-order chi connectivity index (χ1) is 17.7. The van der Waals surface area contributed by atoms with Gasteiger partial charge in [-0.2, -0.15) is 0 Å². The summed E-state index contributed by atoms with van der Waals surface area (Å²) in [4.78, 5) is 0. The molecule has 0 saturated carbocycles. The van der Waals surface area contributed by atoms with Gasteiger partial charge in [0.2, 0.25) is 0 Å². The van der Waals surface area contributed by atoms with Gasteiger partial charge in [-0.05, 0) is 59.5 Å². The molecule has 0 bridgehead atoms. The van der Waals surface area contributed by atoms with Crippen LogP contribution in [0.1, 0.15) is 43.4 Å². The Morgan fingerprint density at radius 1 is 0.730 bits per heavy atom. The van der Waals surface area contributed by atoms with Crippen LogP contribution in [-0.2, 0) is 15.1 Å². The van der Waals surface area contributed by atoms with E-state index in [9.17, 15) is 10.2 Å². The van der Waals surface area contributed by atoms with Crippen molar-refractivity contribution in [2.24, 2.45) is 5.41 Å². The summed E-state index contributed by atoms with van der Waals surface area (Å²) in [7, 11) is 3.22. The highest BCUT2D eigenvalue weighted by Gasteiger charge is 2.38. The van der Waals surface area contributed by atoms with E-state index in [1.807, 2.05) is 86.6 Å². The molecule has 1 aliphatic heterocycles. The first kappa shape index (κ1) is 26.9. The molecule has 0 unspecified atom stereocenters. The molecule has 3 aromatic rings. The van der Waals surface area contributed by atoms with Crippen LogP contribution in [0.3, 0.4) is 0 Å². The zero-order valence-corrected chi connectivity index (χ0v) is 21.9. The molecule has 3 aromatic carbocycles. The molecule has 2 N–H and O–H groups in total. The van der Waals surface area contributed by atoms with E-state index in [2.05, 4.69) is 0 Å². The molecule has 0 aromatic heterocycles. The number of methoxy groups -OCH3 is 2. The van der Waals surface area contributed by atoms with Crippen LogP contribution in [0, 0.1) is 5.41 Å². The lowest BCUT2D eigenvalue weighted by molar-refractivity contribution is -0.403. The van der Waals surface area contributed by atoms with E-state index in [4.69, 9.17) is 23.7 Å². The standard InChI is InChI=1S/C30H36O7/c1-28(2)20-36-29(31,37-21-28)18-5-19-35-27-16-10-24(11-17-27)30(32,22-6-12-25(33-3)13-7-22)23-8-14-26(34-4)15-9-23/h6-17,31-32H,5,18-21H2,1-4H3. The Bertz CT molecular complexity index is 1080. The van der Waals surface area contributed by atoms with Gasteiger partial charge >= 0.3 is 0 Å². The molecule has 0 spiro atoms. The SMILES string of the molecule is COc1ccc(C(O)(c2ccc(OC)cc2)c2ccc(OCCCC3(O)OCC(C)(C)CO3)cc2)cc1. The van der Waals surface area contributed by atoms with Gasteiger partial charge in [0.15, 0.2) is 0 Å². The Kier molecular flexibility index (Phi) is 8.09. The summed E-state index contributed by atoms with van der Waals surface area (Å²) in [6, 6.07) is 22.1. The van der Waals surface area contributed by atoms with Crippen LogP contribution < -0.4 is 14.2 Å². The predicted molar refractivity (Wildman–Crippen MR) is 140 cm³/mol. The van der Waals surface area contributed by atoms with Crippen molar-refractivity contribution in [3.8, 4) is 17.2 Å². The molecule has 0 amide bonds. The number of rotatable bonds is 10. The highest BCUT2D eigenvalue weighted by Crippen LogP contribution is 2.38. The number of hydrogen-bond donors (Lipinski definition) is 2. The lowest BCUT2D eigenvalue weighted by Gasteiger charge is -2.39. The maximum atomic E-state index is 12.1. The average Bonchev–Trinajstić information content (AvgIpc) is 2.93. The van der Waals surface area contributed by atoms with E-state index in [1.54, 1.807) is 14.2 Å². The van der Waals surface area contributed by atoms with Gasteiger partial charge in [0.05, 0.1) is 34.0 Å². The summed E-state index contributed by atoms with van der Waals surface area (Å²) >= 11 is 0. The zero-order chi connectivity index (χ0) is 26.5. The molecule has 7 nitrogen and oxygen atoms in total. The third-order valence-corrected chi connectivity index (χ3v) is 6.57. The van der Waals surface area contributed by atoms with Gasteiger partial charge in [-0.3, -0.25) is 0 Å². The molecule has 7 heteroatoms. The Balaban J connectivity index is 1.46. The van der Waals surface area contributed by atoms with Gasteiger partial charge in [-0.25, -0.2) is 0 Å². The molecular formula is C30H36O7. The monoisotopic (exact) mass is 508 g/mol. The summed E-state index contributed by atoms with van der Waals surface area (Å²) in [6.07, 6.45) is 0.871. The highest BCUT2D eigenvalue weighted by molar-refractivity contribution is 5.50. The van der Waals surface area contributed by atoms with Gasteiger partial charge in [-0.1, -0.05) is 50.2 Å². The number of hydrogen-bond acceptors (Lipinski definition) is 7. The maximum Gasteiger partial charge on any atom is 0.280 e. The molecule has 4 rings (SSSR count). The molecule has 1 aliphatic rings. The topological polar surface area (TPSA) is 86.6 Å². The third-order valence-electron chi connectivity index (χ3n) is 6.57. The summed E-state index contributed by atoms with van der Waals surface area (Å²) in [6.45, 7) is 5.33. The van der Waals surface area contributed by atoms with Crippen LogP contribution >= 0.6 is 0 Å². The fourth-order valence-electron chi connectivity index (χ4n) is 4.29. The minimum absolute atomic E-state index is 0.107. The van der Waals surface area contributed by atoms with E-state index in [0.717, 1.165) is 0 Å². The minimum Gasteiger partial charge on any atom is -0.497 e. The maximum absolute atomic E-state index is 12.1. The Hall–Kier alpha value is -3.10. The van der Waals surface area contributed by atoms with Crippen LogP contribution in [0.25, 0.3) is 0 Å². The summed E-state index contributed by atoms with van der Waals surface area (Å²) in [5.74, 6) is 0.522. The molecule has 0 aliphatic carbocycles. The fourth-order valence-corrected chi connectivity index (χ4v) is 4.29. The van der Waals surface area contributed by atoms with Crippen LogP contribution in [0.4, 0.5) is 0 Å². The van der Waals surface area contributed by atoms with Gasteiger partial charge in [-0.15, -0.1) is 0 Å². The normalized spacial score (nSPS) is 16.7. The van der Waals surface area contributed by atoms with Crippen molar-refractivity contribution in [3.63, 3.8) is 0 Å². The van der Waals surface area contributed by atoms with Crippen LogP contribution in [0.15, 0.2) is 72.8 Å². The predicted octanol–water partition coefficient (Wildman–Crippen LogP) is 4.87. The summed E-state index contributed by atoms with van der Waals surface area (Å²) < 4.78 is 27.5. The largest absolute Gasteiger partial charge is 0.497 e. The molecule has 0 radical (unpaired) electrons. The van der Waals surface area contributed by atoms with Crippen molar-refractivity contribution in [1.82, 2.24) is 0 Å². The highest BCUT2D eigenvalue weighted by atomic mass is 16.8. The molecule has 37 heavy (non-hydrogen) atoms. The zero-order valence-electron chi connectivity index (χ0n) is 21.9. The van der Waals surface area contributed by atoms with E-state index < -0.39 is 11.6 Å². The van der Waals surface area contributed by atoms with Crippen LogP contribution in [-0.4, -0.2) is 50.2 Å². The van der Waals surface area contributed by atoms with Gasteiger partial charge in [0.1, 0.15) is 22.8 Å². The fraction of sp³-hybridized carbons (Fsp3) is 0.400. The second-order valence-electron chi connectivity index (χ2n) is 10.1. The number of benzene rings is 3. The first-order valence-corrected chi connectivity index (χ1v) is 12.4. The van der Waals surface area contributed by atoms with Gasteiger partial charge in [0, 0.05) is 11.8 Å². The smallest absolute Gasteiger partial charge is 0.280 e. The second kappa shape index (κ2) is 11.1. The first-order valence-electron chi connectivity index (χ1n) is 12.4. The lowest BCUT2D eigenvalue weighted by atomic mass is 9.80. The van der Waals surface area contributed by atoms with Crippen molar-refractivity contribution in [3.05, 3.63) is 89.5 Å². The second-order valence-corrected chi connectivity index (χ2v) is 10.1. The Labute approximate surface area is 218 Å². The summed E-state index contributed by atoms with van der Waals surface area (Å²) in [5, 5.41) is 22.6. The van der Waals surface area contributed by atoms with Crippen molar-refractivity contribution >= 4 is 0 Å². The van der Waals surface area contributed by atoms with Crippen molar-refractivity contribution in [2.45, 2.75) is 38.3 Å². The summed E-state index contributed by atoms with van der Waals surface area (Å²) in [5.41, 5.74) is 0.594. The molecule has 1 heterocycles. The van der Waals surface area contributed by atoms with Crippen molar-refractivity contribution in [1.29, 1.82) is 0 Å². The number of ether oxygens (including phenoxy) is 5. The quantitative estimate of drug-likeness (QED) is 0.299. The average molecular weight is 509 g/mol. The molecule has 1 fully saturated rings. The Morgan fingerprint density at radius 2 is 1.14 bits per heavy atom. The molecule has 0 atom stereocenters. The number of aliphatic hydroxyl groups is 2. The van der Waals surface area contributed by atoms with Crippen molar-refractivity contribution in [2.75, 3.05) is 34.0 Å². The van der Waals surface area contributed by atoms with Gasteiger partial charge in [0.25, 0.3) is 5.97 Å². The van der Waals surface area contributed by atoms with Crippen LogP contribution in [0.2, 0.25) is 0 Å².